The molecule has 5 nitrogen and oxygen atoms in total. The largest absolute Gasteiger partial charge is 0.371 e. The Morgan fingerprint density at radius 3 is 3.13 bits per heavy atom. The lowest BCUT2D eigenvalue weighted by Crippen LogP contribution is -2.42. The third-order valence-corrected chi connectivity index (χ3v) is 3.73. The lowest BCUT2D eigenvalue weighted by molar-refractivity contribution is -0.00668. The lowest BCUT2D eigenvalue weighted by atomic mass is 10.1. The van der Waals surface area contributed by atoms with Gasteiger partial charge in [-0.2, -0.15) is 0 Å². The van der Waals surface area contributed by atoms with Crippen molar-refractivity contribution in [3.63, 3.8) is 0 Å². The highest BCUT2D eigenvalue weighted by atomic mass is 19.1. The van der Waals surface area contributed by atoms with E-state index in [1.807, 2.05) is 6.08 Å². The summed E-state index contributed by atoms with van der Waals surface area (Å²) in [6, 6.07) is 6.61. The van der Waals surface area contributed by atoms with Crippen molar-refractivity contribution in [2.75, 3.05) is 19.7 Å². The highest BCUT2D eigenvalue weighted by Crippen LogP contribution is 2.13. The summed E-state index contributed by atoms with van der Waals surface area (Å²) in [4.78, 5) is 20.5. The first-order valence-corrected chi connectivity index (χ1v) is 7.51. The van der Waals surface area contributed by atoms with E-state index in [9.17, 15) is 9.18 Å². The second-order valence-corrected chi connectivity index (χ2v) is 5.39. The summed E-state index contributed by atoms with van der Waals surface area (Å²) in [5, 5.41) is 0. The molecule has 1 aromatic heterocycles. The van der Waals surface area contributed by atoms with Crippen LogP contribution in [0.25, 0.3) is 6.08 Å². The van der Waals surface area contributed by atoms with E-state index in [0.717, 1.165) is 6.54 Å². The maximum absolute atomic E-state index is 13.6. The quantitative estimate of drug-likeness (QED) is 0.935. The molecule has 2 aromatic rings. The van der Waals surface area contributed by atoms with Crippen LogP contribution in [0.3, 0.4) is 0 Å². The van der Waals surface area contributed by atoms with Gasteiger partial charge in [0.05, 0.1) is 12.7 Å². The van der Waals surface area contributed by atoms with E-state index in [4.69, 9.17) is 4.74 Å². The van der Waals surface area contributed by atoms with Crippen LogP contribution in [0.15, 0.2) is 47.5 Å². The van der Waals surface area contributed by atoms with Crippen molar-refractivity contribution < 1.29 is 9.13 Å². The molecule has 1 aliphatic rings. The molecule has 3 rings (SSSR count). The van der Waals surface area contributed by atoms with Gasteiger partial charge < -0.3 is 9.72 Å². The highest BCUT2D eigenvalue weighted by molar-refractivity contribution is 5.50. The van der Waals surface area contributed by atoms with E-state index in [2.05, 4.69) is 14.9 Å². The number of rotatable bonds is 4. The van der Waals surface area contributed by atoms with Crippen LogP contribution in [-0.2, 0) is 11.3 Å². The van der Waals surface area contributed by atoms with E-state index in [-0.39, 0.29) is 17.5 Å². The van der Waals surface area contributed by atoms with E-state index >= 15 is 0 Å². The van der Waals surface area contributed by atoms with Gasteiger partial charge in [-0.15, -0.1) is 0 Å². The average molecular weight is 315 g/mol. The molecule has 23 heavy (non-hydrogen) atoms. The number of halogens is 1. The number of ether oxygens (including phenoxy) is 1. The molecule has 2 heterocycles. The minimum atomic E-state index is -0.253. The molecule has 120 valence electrons. The number of H-pyrrole nitrogens is 1. The number of nitrogens with zero attached hydrogens (tertiary/aromatic N) is 2. The minimum Gasteiger partial charge on any atom is -0.371 e. The van der Waals surface area contributed by atoms with Gasteiger partial charge in [0, 0.05) is 37.6 Å². The first-order valence-electron chi connectivity index (χ1n) is 7.51. The zero-order valence-electron chi connectivity index (χ0n) is 12.6. The maximum Gasteiger partial charge on any atom is 0.270 e. The smallest absolute Gasteiger partial charge is 0.270 e. The Labute approximate surface area is 133 Å². The first kappa shape index (κ1) is 15.6. The summed E-state index contributed by atoms with van der Waals surface area (Å²) in [6.45, 7) is 2.42. The van der Waals surface area contributed by atoms with Gasteiger partial charge in [0.1, 0.15) is 11.5 Å². The van der Waals surface area contributed by atoms with Gasteiger partial charge in [-0.1, -0.05) is 30.4 Å². The van der Waals surface area contributed by atoms with Gasteiger partial charge in [0.2, 0.25) is 0 Å². The molecule has 1 N–H and O–H groups in total. The monoisotopic (exact) mass is 315 g/mol. The van der Waals surface area contributed by atoms with Crippen LogP contribution in [0.2, 0.25) is 0 Å². The fourth-order valence-corrected chi connectivity index (χ4v) is 2.52. The van der Waals surface area contributed by atoms with Crippen LogP contribution in [0.5, 0.6) is 0 Å². The molecule has 6 heteroatoms. The molecule has 1 fully saturated rings. The van der Waals surface area contributed by atoms with Crippen LogP contribution in [0.4, 0.5) is 4.39 Å². The van der Waals surface area contributed by atoms with Gasteiger partial charge in [-0.25, -0.2) is 4.39 Å². The van der Waals surface area contributed by atoms with Crippen LogP contribution < -0.4 is 5.56 Å². The standard InChI is InChI=1S/C17H18FN3O2/c18-15-4-2-1-3-13(15)5-6-14-11-21(9-10-23-14)12-16-17(22)20-8-7-19-16/h1-8,14H,9-12H2,(H,20,22)/b6-5+. The minimum absolute atomic E-state index is 0.133. The van der Waals surface area contributed by atoms with Gasteiger partial charge in [0.15, 0.2) is 0 Å². The van der Waals surface area contributed by atoms with Gasteiger partial charge >= 0.3 is 0 Å². The Kier molecular flexibility index (Phi) is 4.95. The third kappa shape index (κ3) is 4.12. The first-order chi connectivity index (χ1) is 11.2. The zero-order valence-corrected chi connectivity index (χ0v) is 12.6. The summed E-state index contributed by atoms with van der Waals surface area (Å²) in [7, 11) is 0. The molecule has 1 atom stereocenters. The second kappa shape index (κ2) is 7.30. The molecule has 1 aromatic carbocycles. The molecule has 0 spiro atoms. The van der Waals surface area contributed by atoms with Crippen LogP contribution in [0.1, 0.15) is 11.3 Å². The summed E-state index contributed by atoms with van der Waals surface area (Å²) in [6.07, 6.45) is 6.55. The fourth-order valence-electron chi connectivity index (χ4n) is 2.52. The average Bonchev–Trinajstić information content (AvgIpc) is 2.57. The molecule has 1 unspecified atom stereocenters. The molecule has 1 aliphatic heterocycles. The maximum atomic E-state index is 13.6. The third-order valence-electron chi connectivity index (χ3n) is 3.73. The molecule has 1 saturated heterocycles. The van der Waals surface area contributed by atoms with Crippen molar-refractivity contribution in [1.82, 2.24) is 14.9 Å². The molecule has 0 radical (unpaired) electrons. The van der Waals surface area contributed by atoms with Gasteiger partial charge in [-0.3, -0.25) is 14.7 Å². The summed E-state index contributed by atoms with van der Waals surface area (Å²) < 4.78 is 19.3. The Morgan fingerprint density at radius 2 is 2.30 bits per heavy atom. The summed E-state index contributed by atoms with van der Waals surface area (Å²) >= 11 is 0. The molecule has 0 bridgehead atoms. The summed E-state index contributed by atoms with van der Waals surface area (Å²) in [5.74, 6) is -0.253. The highest BCUT2D eigenvalue weighted by Gasteiger charge is 2.19. The summed E-state index contributed by atoms with van der Waals surface area (Å²) in [5.41, 5.74) is 0.859. The van der Waals surface area contributed by atoms with Gasteiger partial charge in [0.25, 0.3) is 5.56 Å². The molecule has 0 amide bonds. The van der Waals surface area contributed by atoms with Crippen LogP contribution in [0, 0.1) is 5.82 Å². The Morgan fingerprint density at radius 1 is 1.43 bits per heavy atom. The second-order valence-electron chi connectivity index (χ2n) is 5.39. The van der Waals surface area contributed by atoms with Crippen molar-refractivity contribution >= 4 is 6.08 Å². The van der Waals surface area contributed by atoms with E-state index in [0.29, 0.717) is 31.0 Å². The molecule has 0 saturated carbocycles. The number of hydrogen-bond donors (Lipinski definition) is 1. The van der Waals surface area contributed by atoms with Crippen molar-refractivity contribution in [2.24, 2.45) is 0 Å². The van der Waals surface area contributed by atoms with E-state index < -0.39 is 0 Å². The zero-order chi connectivity index (χ0) is 16.1. The number of benzene rings is 1. The SMILES string of the molecule is O=c1[nH]ccnc1CN1CCOC(/C=C/c2ccccc2F)C1. The Bertz CT molecular complexity index is 744. The number of aromatic nitrogens is 2. The van der Waals surface area contributed by atoms with Gasteiger partial charge in [-0.05, 0) is 6.07 Å². The number of nitrogens with one attached hydrogen (secondary N) is 1. The van der Waals surface area contributed by atoms with Crippen LogP contribution >= 0.6 is 0 Å². The topological polar surface area (TPSA) is 58.2 Å². The van der Waals surface area contributed by atoms with E-state index in [1.54, 1.807) is 30.5 Å². The normalized spacial score (nSPS) is 19.3. The number of aromatic amines is 1. The molecule has 0 aliphatic carbocycles. The van der Waals surface area contributed by atoms with Crippen molar-refractivity contribution in [3.8, 4) is 0 Å². The number of morpholine rings is 1. The lowest BCUT2D eigenvalue weighted by Gasteiger charge is -2.31. The van der Waals surface area contributed by atoms with Crippen molar-refractivity contribution in [2.45, 2.75) is 12.6 Å². The Balaban J connectivity index is 1.63. The molecular weight excluding hydrogens is 297 g/mol. The van der Waals surface area contributed by atoms with Crippen LogP contribution in [-0.4, -0.2) is 40.7 Å². The predicted octanol–water partition coefficient (Wildman–Crippen LogP) is 1.82. The van der Waals surface area contributed by atoms with E-state index in [1.165, 1.54) is 12.3 Å². The Hall–Kier alpha value is -2.31. The number of hydrogen-bond acceptors (Lipinski definition) is 4. The van der Waals surface area contributed by atoms with Crippen molar-refractivity contribution in [3.05, 3.63) is 70.2 Å². The predicted molar refractivity (Wildman–Crippen MR) is 85.3 cm³/mol. The van der Waals surface area contributed by atoms with Crippen molar-refractivity contribution in [1.29, 1.82) is 0 Å². The molecular formula is C17H18FN3O2. The fraction of sp³-hybridized carbons (Fsp3) is 0.294.